The van der Waals surface area contributed by atoms with E-state index in [1.54, 1.807) is 6.33 Å². The number of hydrogen-bond donors (Lipinski definition) is 2. The molecule has 3 aromatic rings. The molecule has 0 bridgehead atoms. The number of halogens is 5. The maximum atomic E-state index is 13.7. The van der Waals surface area contributed by atoms with Crippen molar-refractivity contribution >= 4 is 34.7 Å². The van der Waals surface area contributed by atoms with Crippen molar-refractivity contribution in [2.45, 2.75) is 23.5 Å². The van der Waals surface area contributed by atoms with Gasteiger partial charge in [0, 0.05) is 36.3 Å². The Morgan fingerprint density at radius 3 is 2.64 bits per heavy atom. The van der Waals surface area contributed by atoms with Crippen LogP contribution >= 0.6 is 11.8 Å². The highest BCUT2D eigenvalue weighted by Gasteiger charge is 2.38. The molecule has 14 heteroatoms. The van der Waals surface area contributed by atoms with E-state index in [0.29, 0.717) is 16.2 Å². The molecule has 3 N–H and O–H groups in total. The number of benzene rings is 1. The molecule has 1 atom stereocenters. The van der Waals surface area contributed by atoms with E-state index >= 15 is 0 Å². The third-order valence-electron chi connectivity index (χ3n) is 4.83. The highest BCUT2D eigenvalue weighted by Crippen LogP contribution is 2.27. The predicted molar refractivity (Wildman–Crippen MR) is 111 cm³/mol. The number of nitrogens with two attached hydrogens (primary N) is 1. The number of carboxylic acids is 1. The smallest absolute Gasteiger partial charge is 0.475 e. The Kier molecular flexibility index (Phi) is 7.68. The molecule has 178 valence electrons. The molecule has 1 aliphatic heterocycles. The minimum atomic E-state index is -5.08. The molecule has 33 heavy (non-hydrogen) atoms. The van der Waals surface area contributed by atoms with Crippen LogP contribution in [0, 0.1) is 11.6 Å². The van der Waals surface area contributed by atoms with Gasteiger partial charge in [0.05, 0.1) is 12.4 Å². The molecule has 0 radical (unpaired) electrons. The van der Waals surface area contributed by atoms with E-state index < -0.39 is 23.8 Å². The van der Waals surface area contributed by atoms with Crippen LogP contribution in [0.5, 0.6) is 0 Å². The number of imidazole rings is 1. The first-order chi connectivity index (χ1) is 15.6. The Morgan fingerprint density at radius 1 is 1.24 bits per heavy atom. The van der Waals surface area contributed by atoms with Crippen molar-refractivity contribution < 1.29 is 31.9 Å². The summed E-state index contributed by atoms with van der Waals surface area (Å²) in [5, 5.41) is 7.12. The zero-order valence-corrected chi connectivity index (χ0v) is 17.8. The summed E-state index contributed by atoms with van der Waals surface area (Å²) in [7, 11) is 0. The third-order valence-corrected chi connectivity index (χ3v) is 5.86. The lowest BCUT2D eigenvalue weighted by molar-refractivity contribution is -0.192. The minimum absolute atomic E-state index is 0.279. The van der Waals surface area contributed by atoms with E-state index in [1.807, 2.05) is 0 Å². The lowest BCUT2D eigenvalue weighted by atomic mass is 10.2. The molecule has 1 saturated heterocycles. The Morgan fingerprint density at radius 2 is 1.97 bits per heavy atom. The summed E-state index contributed by atoms with van der Waals surface area (Å²) in [6.07, 6.45) is -0.867. The number of aromatic nitrogens is 4. The van der Waals surface area contributed by atoms with Crippen LogP contribution in [-0.4, -0.2) is 67.1 Å². The second-order valence-electron chi connectivity index (χ2n) is 7.05. The fourth-order valence-electron chi connectivity index (χ4n) is 3.26. The average Bonchev–Trinajstić information content (AvgIpc) is 3.37. The van der Waals surface area contributed by atoms with Crippen LogP contribution in [0.1, 0.15) is 12.5 Å². The highest BCUT2D eigenvalue weighted by molar-refractivity contribution is 7.99. The number of carbonyl (C=O) groups is 1. The van der Waals surface area contributed by atoms with E-state index in [2.05, 4.69) is 24.4 Å². The van der Waals surface area contributed by atoms with Gasteiger partial charge in [0.1, 0.15) is 23.5 Å². The molecule has 0 aliphatic carbocycles. The normalized spacial score (nSPS) is 16.6. The van der Waals surface area contributed by atoms with E-state index in [1.165, 1.54) is 30.2 Å². The van der Waals surface area contributed by atoms with Gasteiger partial charge in [0.15, 0.2) is 11.5 Å². The van der Waals surface area contributed by atoms with Gasteiger partial charge >= 0.3 is 12.1 Å². The van der Waals surface area contributed by atoms with Gasteiger partial charge in [-0.15, -0.1) is 11.8 Å². The first kappa shape index (κ1) is 24.6. The zero-order chi connectivity index (χ0) is 24.2. The monoisotopic (exact) mass is 490 g/mol. The number of rotatable bonds is 5. The Balaban J connectivity index is 0.000000383. The summed E-state index contributed by atoms with van der Waals surface area (Å²) in [5.41, 5.74) is 7.23. The molecule has 0 saturated carbocycles. The van der Waals surface area contributed by atoms with Gasteiger partial charge < -0.3 is 20.3 Å². The fourth-order valence-corrected chi connectivity index (χ4v) is 4.19. The Labute approximate surface area is 188 Å². The second-order valence-corrected chi connectivity index (χ2v) is 8.19. The number of thioether (sulfide) groups is 1. The lowest BCUT2D eigenvalue weighted by Gasteiger charge is -2.16. The maximum absolute atomic E-state index is 13.7. The van der Waals surface area contributed by atoms with Crippen molar-refractivity contribution in [1.82, 2.24) is 24.4 Å². The SMILES string of the molecule is Nc1ncnc2c1ncn2C1CCN(CCSc2ccc(F)cc2F)C1.O=C(O)C(F)(F)F. The van der Waals surface area contributed by atoms with Crippen molar-refractivity contribution in [3.8, 4) is 0 Å². The molecular formula is C19H19F5N6O2S. The van der Waals surface area contributed by atoms with E-state index in [9.17, 15) is 22.0 Å². The third kappa shape index (κ3) is 6.28. The predicted octanol–water partition coefficient (Wildman–Crippen LogP) is 3.36. The molecule has 1 aromatic carbocycles. The quantitative estimate of drug-likeness (QED) is 0.414. The van der Waals surface area contributed by atoms with Crippen molar-refractivity contribution in [3.63, 3.8) is 0 Å². The van der Waals surface area contributed by atoms with Crippen LogP contribution < -0.4 is 5.73 Å². The number of nitrogen functional groups attached to an aromatic ring is 1. The molecule has 8 nitrogen and oxygen atoms in total. The molecular weight excluding hydrogens is 471 g/mol. The van der Waals surface area contributed by atoms with Crippen LogP contribution in [0.25, 0.3) is 11.2 Å². The standard InChI is InChI=1S/C17H18F2N6S.C2HF3O2/c18-11-1-2-14(13(19)7-11)26-6-5-24-4-3-12(8-24)25-10-23-15-16(20)21-9-22-17(15)25;3-2(4,5)1(6)7/h1-2,7,9-10,12H,3-6,8H2,(H2,20,21,22);(H,6,7). The summed E-state index contributed by atoms with van der Waals surface area (Å²) >= 11 is 1.41. The minimum Gasteiger partial charge on any atom is -0.475 e. The van der Waals surface area contributed by atoms with Crippen LogP contribution in [0.3, 0.4) is 0 Å². The number of alkyl halides is 3. The first-order valence-corrected chi connectivity index (χ1v) is 10.6. The molecule has 0 spiro atoms. The lowest BCUT2D eigenvalue weighted by Crippen LogP contribution is -2.24. The van der Waals surface area contributed by atoms with E-state index in [-0.39, 0.29) is 6.04 Å². The Hall–Kier alpha value is -3.00. The van der Waals surface area contributed by atoms with Crippen molar-refractivity contribution in [1.29, 1.82) is 0 Å². The van der Waals surface area contributed by atoms with Gasteiger partial charge in [-0.25, -0.2) is 28.5 Å². The molecule has 4 rings (SSSR count). The number of likely N-dealkylation sites (tertiary alicyclic amines) is 1. The summed E-state index contributed by atoms with van der Waals surface area (Å²) in [6, 6.07) is 3.98. The van der Waals surface area contributed by atoms with Crippen molar-refractivity contribution in [3.05, 3.63) is 42.5 Å². The number of nitrogens with zero attached hydrogens (tertiary/aromatic N) is 5. The van der Waals surface area contributed by atoms with Gasteiger partial charge in [-0.05, 0) is 18.6 Å². The molecule has 1 unspecified atom stereocenters. The van der Waals surface area contributed by atoms with Crippen molar-refractivity contribution in [2.24, 2.45) is 0 Å². The largest absolute Gasteiger partial charge is 0.490 e. The number of fused-ring (bicyclic) bond motifs is 1. The maximum Gasteiger partial charge on any atom is 0.490 e. The second kappa shape index (κ2) is 10.3. The van der Waals surface area contributed by atoms with Crippen LogP contribution in [-0.2, 0) is 4.79 Å². The number of aliphatic carboxylic acids is 1. The molecule has 3 heterocycles. The van der Waals surface area contributed by atoms with Crippen LogP contribution in [0.2, 0.25) is 0 Å². The first-order valence-electron chi connectivity index (χ1n) is 9.59. The summed E-state index contributed by atoms with van der Waals surface area (Å²) in [4.78, 5) is 24.3. The number of anilines is 1. The topological polar surface area (TPSA) is 110 Å². The van der Waals surface area contributed by atoms with Gasteiger partial charge in [-0.1, -0.05) is 0 Å². The van der Waals surface area contributed by atoms with Gasteiger partial charge in [0.25, 0.3) is 0 Å². The summed E-state index contributed by atoms with van der Waals surface area (Å²) < 4.78 is 60.4. The summed E-state index contributed by atoms with van der Waals surface area (Å²) in [5.74, 6) is -2.67. The van der Waals surface area contributed by atoms with Gasteiger partial charge in [-0.2, -0.15) is 13.2 Å². The average molecular weight is 490 g/mol. The molecule has 1 aliphatic rings. The van der Waals surface area contributed by atoms with Gasteiger partial charge in [-0.3, -0.25) is 0 Å². The summed E-state index contributed by atoms with van der Waals surface area (Å²) in [6.45, 7) is 2.67. The highest BCUT2D eigenvalue weighted by atomic mass is 32.2. The van der Waals surface area contributed by atoms with Crippen molar-refractivity contribution in [2.75, 3.05) is 31.1 Å². The zero-order valence-electron chi connectivity index (χ0n) is 17.0. The van der Waals surface area contributed by atoms with Gasteiger partial charge in [0.2, 0.25) is 0 Å². The Bertz CT molecular complexity index is 1130. The van der Waals surface area contributed by atoms with Crippen LogP contribution in [0.15, 0.2) is 35.7 Å². The number of carboxylic acid groups (broad SMARTS) is 1. The molecule has 1 fully saturated rings. The van der Waals surface area contributed by atoms with E-state index in [4.69, 9.17) is 15.6 Å². The van der Waals surface area contributed by atoms with Crippen LogP contribution in [0.4, 0.5) is 27.8 Å². The fraction of sp³-hybridized carbons (Fsp3) is 0.368. The molecule has 0 amide bonds. The molecule has 2 aromatic heterocycles. The number of hydrogen-bond acceptors (Lipinski definition) is 7. The van der Waals surface area contributed by atoms with E-state index in [0.717, 1.165) is 43.5 Å².